The van der Waals surface area contributed by atoms with Gasteiger partial charge in [-0.3, -0.25) is 0 Å². The highest BCUT2D eigenvalue weighted by molar-refractivity contribution is 14.0. The van der Waals surface area contributed by atoms with E-state index in [1.807, 2.05) is 13.0 Å². The zero-order chi connectivity index (χ0) is 17.4. The molecule has 0 spiro atoms. The molecule has 2 rings (SSSR count). The molecule has 4 nitrogen and oxygen atoms in total. The molecule has 0 aliphatic carbocycles. The van der Waals surface area contributed by atoms with Crippen molar-refractivity contribution in [2.24, 2.45) is 4.99 Å². The molecule has 136 valence electrons. The van der Waals surface area contributed by atoms with E-state index in [4.69, 9.17) is 11.6 Å². The second-order valence-corrected chi connectivity index (χ2v) is 5.48. The van der Waals surface area contributed by atoms with Gasteiger partial charge in [-0.2, -0.15) is 0 Å². The number of hydrogen-bond donors (Lipinski definition) is 2. The summed E-state index contributed by atoms with van der Waals surface area (Å²) in [6.45, 7) is 3.28. The van der Waals surface area contributed by atoms with Crippen molar-refractivity contribution in [2.75, 3.05) is 13.1 Å². The van der Waals surface area contributed by atoms with Crippen LogP contribution in [0.2, 0.25) is 5.15 Å². The van der Waals surface area contributed by atoms with Crippen LogP contribution in [0.25, 0.3) is 0 Å². The predicted molar refractivity (Wildman–Crippen MR) is 108 cm³/mol. The van der Waals surface area contributed by atoms with E-state index in [9.17, 15) is 8.78 Å². The molecule has 25 heavy (non-hydrogen) atoms. The Balaban J connectivity index is 0.00000312. The summed E-state index contributed by atoms with van der Waals surface area (Å²) in [4.78, 5) is 8.30. The van der Waals surface area contributed by atoms with E-state index < -0.39 is 11.6 Å². The average Bonchev–Trinajstić information content (AvgIpc) is 2.57. The average molecular weight is 481 g/mol. The Bertz CT molecular complexity index is 696. The minimum absolute atomic E-state index is 0. The molecule has 0 fully saturated rings. The van der Waals surface area contributed by atoms with Crippen LogP contribution in [-0.2, 0) is 13.0 Å². The Morgan fingerprint density at radius 1 is 1.20 bits per heavy atom. The second-order valence-electron chi connectivity index (χ2n) is 5.10. The Labute approximate surface area is 168 Å². The quantitative estimate of drug-likeness (QED) is 0.285. The van der Waals surface area contributed by atoms with Crippen molar-refractivity contribution in [1.29, 1.82) is 0 Å². The van der Waals surface area contributed by atoms with Crippen LogP contribution < -0.4 is 10.6 Å². The lowest BCUT2D eigenvalue weighted by Crippen LogP contribution is -2.38. The van der Waals surface area contributed by atoms with Crippen LogP contribution in [0.1, 0.15) is 18.1 Å². The lowest BCUT2D eigenvalue weighted by atomic mass is 10.2. The SMILES string of the molecule is CCNC(=NCc1cc(F)ccc1F)NCCc1ccc(Cl)nc1.I. The Morgan fingerprint density at radius 3 is 2.68 bits per heavy atom. The molecule has 0 unspecified atom stereocenters. The molecule has 0 aliphatic heterocycles. The van der Waals surface area contributed by atoms with Crippen molar-refractivity contribution in [2.45, 2.75) is 19.9 Å². The van der Waals surface area contributed by atoms with Crippen molar-refractivity contribution in [3.63, 3.8) is 0 Å². The largest absolute Gasteiger partial charge is 0.357 e. The molecule has 2 aromatic rings. The number of hydrogen-bond acceptors (Lipinski definition) is 2. The lowest BCUT2D eigenvalue weighted by molar-refractivity contribution is 0.585. The van der Waals surface area contributed by atoms with Crippen LogP contribution in [0.4, 0.5) is 8.78 Å². The Morgan fingerprint density at radius 2 is 2.00 bits per heavy atom. The summed E-state index contributed by atoms with van der Waals surface area (Å²) in [6, 6.07) is 6.99. The third-order valence-electron chi connectivity index (χ3n) is 3.25. The van der Waals surface area contributed by atoms with E-state index >= 15 is 0 Å². The van der Waals surface area contributed by atoms with Gasteiger partial charge in [0.15, 0.2) is 5.96 Å². The molecule has 1 heterocycles. The normalized spacial score (nSPS) is 11.0. The van der Waals surface area contributed by atoms with Gasteiger partial charge in [0, 0.05) is 24.8 Å². The van der Waals surface area contributed by atoms with Crippen LogP contribution in [0.15, 0.2) is 41.5 Å². The fraction of sp³-hybridized carbons (Fsp3) is 0.294. The second kappa shape index (κ2) is 11.2. The fourth-order valence-corrected chi connectivity index (χ4v) is 2.16. The zero-order valence-electron chi connectivity index (χ0n) is 13.7. The molecule has 0 bridgehead atoms. The number of nitrogens with one attached hydrogen (secondary N) is 2. The minimum atomic E-state index is -0.477. The Hall–Kier alpha value is -1.48. The molecule has 8 heteroatoms. The van der Waals surface area contributed by atoms with Gasteiger partial charge in [0.2, 0.25) is 0 Å². The van der Waals surface area contributed by atoms with Gasteiger partial charge in [-0.25, -0.2) is 18.8 Å². The predicted octanol–water partition coefficient (Wildman–Crippen LogP) is 3.93. The van der Waals surface area contributed by atoms with Crippen molar-refractivity contribution in [1.82, 2.24) is 15.6 Å². The number of benzene rings is 1. The van der Waals surface area contributed by atoms with Crippen LogP contribution in [-0.4, -0.2) is 24.0 Å². The van der Waals surface area contributed by atoms with Gasteiger partial charge >= 0.3 is 0 Å². The first kappa shape index (κ1) is 21.6. The van der Waals surface area contributed by atoms with Gasteiger partial charge in [0.05, 0.1) is 6.54 Å². The topological polar surface area (TPSA) is 49.3 Å². The fourth-order valence-electron chi connectivity index (χ4n) is 2.05. The Kier molecular flexibility index (Phi) is 9.66. The monoisotopic (exact) mass is 480 g/mol. The summed E-state index contributed by atoms with van der Waals surface area (Å²) in [6.07, 6.45) is 2.46. The highest BCUT2D eigenvalue weighted by Gasteiger charge is 2.04. The number of guanidine groups is 1. The standard InChI is InChI=1S/C17H19ClF2N4.HI/c1-2-21-17(22-8-7-12-3-6-16(18)23-10-12)24-11-13-9-14(19)4-5-15(13)20;/h3-6,9-10H,2,7-8,11H2,1H3,(H2,21,22,24);1H. The maximum absolute atomic E-state index is 13.6. The number of aliphatic imine (C=N–C) groups is 1. The molecule has 0 atom stereocenters. The molecule has 0 aliphatic rings. The van der Waals surface area contributed by atoms with Crippen molar-refractivity contribution in [3.05, 3.63) is 64.4 Å². The minimum Gasteiger partial charge on any atom is -0.357 e. The summed E-state index contributed by atoms with van der Waals surface area (Å²) in [7, 11) is 0. The van der Waals surface area contributed by atoms with Crippen LogP contribution in [0, 0.1) is 11.6 Å². The van der Waals surface area contributed by atoms with Gasteiger partial charge in [-0.1, -0.05) is 17.7 Å². The van der Waals surface area contributed by atoms with E-state index in [1.54, 1.807) is 12.3 Å². The number of aromatic nitrogens is 1. The smallest absolute Gasteiger partial charge is 0.191 e. The van der Waals surface area contributed by atoms with Crippen LogP contribution >= 0.6 is 35.6 Å². The number of rotatable bonds is 6. The lowest BCUT2D eigenvalue weighted by Gasteiger charge is -2.11. The highest BCUT2D eigenvalue weighted by atomic mass is 127. The van der Waals surface area contributed by atoms with Crippen molar-refractivity contribution < 1.29 is 8.78 Å². The number of nitrogens with zero attached hydrogens (tertiary/aromatic N) is 2. The van der Waals surface area contributed by atoms with E-state index in [-0.39, 0.29) is 36.1 Å². The van der Waals surface area contributed by atoms with Crippen LogP contribution in [0.3, 0.4) is 0 Å². The third kappa shape index (κ3) is 7.52. The van der Waals surface area contributed by atoms with Gasteiger partial charge in [0.1, 0.15) is 16.8 Å². The first-order valence-electron chi connectivity index (χ1n) is 7.65. The number of pyridine rings is 1. The van der Waals surface area contributed by atoms with Crippen LogP contribution in [0.5, 0.6) is 0 Å². The maximum Gasteiger partial charge on any atom is 0.191 e. The molecule has 0 saturated heterocycles. The summed E-state index contributed by atoms with van der Waals surface area (Å²) in [5.74, 6) is -0.402. The molecule has 0 saturated carbocycles. The van der Waals surface area contributed by atoms with E-state index in [0.29, 0.717) is 24.2 Å². The maximum atomic E-state index is 13.6. The first-order valence-corrected chi connectivity index (χ1v) is 8.03. The molecular weight excluding hydrogens is 461 g/mol. The number of halogens is 4. The molecule has 0 radical (unpaired) electrons. The third-order valence-corrected chi connectivity index (χ3v) is 3.48. The summed E-state index contributed by atoms with van der Waals surface area (Å²) >= 11 is 5.75. The zero-order valence-corrected chi connectivity index (χ0v) is 16.8. The summed E-state index contributed by atoms with van der Waals surface area (Å²) in [5, 5.41) is 6.68. The van der Waals surface area contributed by atoms with Gasteiger partial charge in [0.25, 0.3) is 0 Å². The van der Waals surface area contributed by atoms with Crippen molar-refractivity contribution >= 4 is 41.5 Å². The van der Waals surface area contributed by atoms with E-state index in [0.717, 1.165) is 30.2 Å². The molecule has 1 aromatic heterocycles. The van der Waals surface area contributed by atoms with Crippen molar-refractivity contribution in [3.8, 4) is 0 Å². The first-order chi connectivity index (χ1) is 11.6. The van der Waals surface area contributed by atoms with Gasteiger partial charge in [-0.15, -0.1) is 24.0 Å². The highest BCUT2D eigenvalue weighted by Crippen LogP contribution is 2.10. The van der Waals surface area contributed by atoms with Gasteiger partial charge in [-0.05, 0) is 43.2 Å². The molecule has 2 N–H and O–H groups in total. The summed E-state index contributed by atoms with van der Waals surface area (Å²) in [5.41, 5.74) is 1.26. The molecule has 1 aromatic carbocycles. The van der Waals surface area contributed by atoms with Gasteiger partial charge < -0.3 is 10.6 Å². The summed E-state index contributed by atoms with van der Waals surface area (Å²) < 4.78 is 26.8. The van der Waals surface area contributed by atoms with E-state index in [2.05, 4.69) is 20.6 Å². The molecular formula is C17H20ClF2IN4. The molecule has 0 amide bonds. The van der Waals surface area contributed by atoms with E-state index in [1.165, 1.54) is 0 Å².